The third-order valence-corrected chi connectivity index (χ3v) is 11.4. The molecule has 1 aliphatic carbocycles. The summed E-state index contributed by atoms with van der Waals surface area (Å²) in [6, 6.07) is 21.3. The number of methoxy groups -OCH3 is 1. The van der Waals surface area contributed by atoms with Crippen LogP contribution in [-0.4, -0.2) is 65.4 Å². The molecule has 0 radical (unpaired) electrons. The van der Waals surface area contributed by atoms with Crippen molar-refractivity contribution in [3.8, 4) is 11.5 Å². The quantitative estimate of drug-likeness (QED) is 0.281. The Balaban J connectivity index is 1.54. The van der Waals surface area contributed by atoms with Gasteiger partial charge in [0.1, 0.15) is 17.6 Å². The molecule has 6 rings (SSSR count). The number of benzene rings is 3. The Hall–Kier alpha value is -4.02. The number of fused-ring (bicyclic) bond motifs is 2. The third-order valence-electron chi connectivity index (χ3n) is 9.66. The van der Waals surface area contributed by atoms with Gasteiger partial charge in [-0.05, 0) is 80.3 Å². The molecule has 46 heavy (non-hydrogen) atoms. The van der Waals surface area contributed by atoms with Gasteiger partial charge in [0.05, 0.1) is 36.2 Å². The second kappa shape index (κ2) is 13.0. The van der Waals surface area contributed by atoms with Crippen molar-refractivity contribution >= 4 is 32.8 Å². The fourth-order valence-electron chi connectivity index (χ4n) is 6.83. The van der Waals surface area contributed by atoms with Gasteiger partial charge in [-0.15, -0.1) is 0 Å². The zero-order valence-corrected chi connectivity index (χ0v) is 28.0. The van der Waals surface area contributed by atoms with E-state index in [-0.39, 0.29) is 22.8 Å². The second-order valence-electron chi connectivity index (χ2n) is 12.5. The van der Waals surface area contributed by atoms with Gasteiger partial charge in [0.25, 0.3) is 0 Å². The van der Waals surface area contributed by atoms with Crippen molar-refractivity contribution in [1.82, 2.24) is 10.2 Å². The number of ether oxygens (including phenoxy) is 2. The molecule has 2 fully saturated rings. The maximum Gasteiger partial charge on any atom is 0.238 e. The average Bonchev–Trinajstić information content (AvgIpc) is 3.30. The van der Waals surface area contributed by atoms with Crippen LogP contribution >= 0.6 is 0 Å². The molecular formula is C36H44N4O5S. The number of nitrogens with one attached hydrogen (secondary N) is 2. The fraction of sp³-hybridized carbons (Fsp3) is 0.417. The molecule has 0 atom stereocenters. The highest BCUT2D eigenvalue weighted by atomic mass is 32.2. The molecule has 3 aromatic carbocycles. The Morgan fingerprint density at radius 3 is 2.30 bits per heavy atom. The van der Waals surface area contributed by atoms with Crippen molar-refractivity contribution in [2.75, 3.05) is 50.3 Å². The van der Waals surface area contributed by atoms with Gasteiger partial charge < -0.3 is 29.9 Å². The van der Waals surface area contributed by atoms with Gasteiger partial charge in [0.15, 0.2) is 14.9 Å². The van der Waals surface area contributed by atoms with Crippen molar-refractivity contribution < 1.29 is 22.7 Å². The van der Waals surface area contributed by atoms with Crippen molar-refractivity contribution in [2.24, 2.45) is 0 Å². The molecule has 244 valence electrons. The summed E-state index contributed by atoms with van der Waals surface area (Å²) >= 11 is 0. The standard InChI is InChI=1S/C36H44N4O5S/c1-5-46(42,43)34(37-2)32(38-27-10-7-6-8-11-27)26-22-30-33(31(23-26)45-29-16-20-39(3)21-17-29)40(35(41)36(30)18-9-19-36)24-25-12-14-28(44-4)15-13-25/h6-8,10-15,22-23,29,37-38H,5,9,16-21,24H2,1-4H3/b34-32+. The first-order valence-corrected chi connectivity index (χ1v) is 17.8. The van der Waals surface area contributed by atoms with E-state index in [4.69, 9.17) is 9.47 Å². The average molecular weight is 645 g/mol. The summed E-state index contributed by atoms with van der Waals surface area (Å²) in [5, 5.41) is 6.51. The van der Waals surface area contributed by atoms with Crippen LogP contribution in [0.15, 0.2) is 71.8 Å². The van der Waals surface area contributed by atoms with Gasteiger partial charge in [0, 0.05) is 31.4 Å². The summed E-state index contributed by atoms with van der Waals surface area (Å²) in [5.74, 6) is 1.39. The van der Waals surface area contributed by atoms with Crippen LogP contribution in [0.3, 0.4) is 0 Å². The Morgan fingerprint density at radius 1 is 1.02 bits per heavy atom. The number of anilines is 2. The number of hydrogen-bond acceptors (Lipinski definition) is 8. The molecule has 1 saturated carbocycles. The monoisotopic (exact) mass is 644 g/mol. The molecular weight excluding hydrogens is 600 g/mol. The molecule has 3 aliphatic rings. The van der Waals surface area contributed by atoms with E-state index in [0.717, 1.165) is 73.4 Å². The molecule has 1 saturated heterocycles. The summed E-state index contributed by atoms with van der Waals surface area (Å²) < 4.78 is 39.2. The first kappa shape index (κ1) is 31.9. The lowest BCUT2D eigenvalue weighted by molar-refractivity contribution is -0.126. The van der Waals surface area contributed by atoms with E-state index in [0.29, 0.717) is 23.6 Å². The topological polar surface area (TPSA) is 100 Å². The smallest absolute Gasteiger partial charge is 0.238 e. The summed E-state index contributed by atoms with van der Waals surface area (Å²) in [4.78, 5) is 18.6. The molecule has 2 aliphatic heterocycles. The molecule has 0 aromatic heterocycles. The van der Waals surface area contributed by atoms with E-state index in [1.54, 1.807) is 21.1 Å². The lowest BCUT2D eigenvalue weighted by atomic mass is 9.65. The first-order valence-electron chi connectivity index (χ1n) is 16.1. The van der Waals surface area contributed by atoms with Gasteiger partial charge in [0.2, 0.25) is 5.91 Å². The number of amides is 1. The Bertz CT molecular complexity index is 1710. The summed E-state index contributed by atoms with van der Waals surface area (Å²) in [7, 11) is 1.73. The maximum atomic E-state index is 14.5. The van der Waals surface area contributed by atoms with Crippen molar-refractivity contribution in [2.45, 2.75) is 57.1 Å². The molecule has 0 bridgehead atoms. The number of nitrogens with zero attached hydrogens (tertiary/aromatic N) is 2. The Labute approximate surface area is 272 Å². The highest BCUT2D eigenvalue weighted by molar-refractivity contribution is 7.95. The molecule has 10 heteroatoms. The predicted octanol–water partition coefficient (Wildman–Crippen LogP) is 5.53. The number of carbonyl (C=O) groups is 1. The highest BCUT2D eigenvalue weighted by Gasteiger charge is 2.55. The van der Waals surface area contributed by atoms with Crippen LogP contribution in [0.4, 0.5) is 11.4 Å². The lowest BCUT2D eigenvalue weighted by Gasteiger charge is -2.37. The first-order chi connectivity index (χ1) is 22.2. The Morgan fingerprint density at radius 2 is 1.72 bits per heavy atom. The predicted molar refractivity (Wildman–Crippen MR) is 183 cm³/mol. The number of likely N-dealkylation sites (tertiary alicyclic amines) is 1. The maximum absolute atomic E-state index is 14.5. The zero-order valence-electron chi connectivity index (χ0n) is 27.1. The normalized spacial score (nSPS) is 18.5. The largest absolute Gasteiger partial charge is 0.497 e. The van der Waals surface area contributed by atoms with Gasteiger partial charge in [-0.1, -0.05) is 43.7 Å². The number of rotatable bonds is 11. The van der Waals surface area contributed by atoms with Crippen LogP contribution in [0.5, 0.6) is 11.5 Å². The Kier molecular flexibility index (Phi) is 9.03. The van der Waals surface area contributed by atoms with Crippen LogP contribution in [0, 0.1) is 0 Å². The van der Waals surface area contributed by atoms with E-state index < -0.39 is 15.3 Å². The van der Waals surface area contributed by atoms with E-state index in [2.05, 4.69) is 22.6 Å². The van der Waals surface area contributed by atoms with Crippen LogP contribution in [0.2, 0.25) is 0 Å². The molecule has 1 spiro atoms. The molecule has 9 nitrogen and oxygen atoms in total. The van der Waals surface area contributed by atoms with Gasteiger partial charge in [-0.3, -0.25) is 4.79 Å². The lowest BCUT2D eigenvalue weighted by Crippen LogP contribution is -2.44. The van der Waals surface area contributed by atoms with Gasteiger partial charge >= 0.3 is 0 Å². The van der Waals surface area contributed by atoms with Gasteiger partial charge in [-0.25, -0.2) is 8.42 Å². The van der Waals surface area contributed by atoms with E-state index in [1.807, 2.05) is 71.6 Å². The summed E-state index contributed by atoms with van der Waals surface area (Å²) in [6.07, 6.45) is 4.14. The zero-order chi connectivity index (χ0) is 32.5. The summed E-state index contributed by atoms with van der Waals surface area (Å²) in [6.45, 7) is 3.88. The number of para-hydroxylation sites is 1. The number of sulfone groups is 1. The molecule has 2 N–H and O–H groups in total. The van der Waals surface area contributed by atoms with E-state index in [9.17, 15) is 13.2 Å². The minimum atomic E-state index is -3.65. The van der Waals surface area contributed by atoms with Crippen LogP contribution in [0.25, 0.3) is 5.70 Å². The minimum Gasteiger partial charge on any atom is -0.497 e. The number of piperidine rings is 1. The van der Waals surface area contributed by atoms with Crippen LogP contribution in [-0.2, 0) is 26.6 Å². The van der Waals surface area contributed by atoms with Gasteiger partial charge in [-0.2, -0.15) is 0 Å². The number of hydrogen-bond donors (Lipinski definition) is 2. The van der Waals surface area contributed by atoms with Crippen LogP contribution < -0.4 is 25.0 Å². The fourth-order valence-corrected chi connectivity index (χ4v) is 7.91. The molecule has 3 aromatic rings. The second-order valence-corrected chi connectivity index (χ2v) is 14.7. The molecule has 0 unspecified atom stereocenters. The summed E-state index contributed by atoms with van der Waals surface area (Å²) in [5.41, 5.74) is 3.89. The highest BCUT2D eigenvalue weighted by Crippen LogP contribution is 2.57. The van der Waals surface area contributed by atoms with E-state index >= 15 is 0 Å². The molecule has 2 heterocycles. The SMILES string of the molecule is CCS(=O)(=O)/C(NC)=C(/Nc1ccccc1)c1cc(OC2CCN(C)CC2)c2c(c1)C1(CCC1)C(=O)N2Cc1ccc(OC)cc1. The van der Waals surface area contributed by atoms with Crippen molar-refractivity contribution in [1.29, 1.82) is 0 Å². The van der Waals surface area contributed by atoms with Crippen molar-refractivity contribution in [3.63, 3.8) is 0 Å². The number of carbonyl (C=O) groups excluding carboxylic acids is 1. The third kappa shape index (κ3) is 5.96. The molecule has 1 amide bonds. The van der Waals surface area contributed by atoms with E-state index in [1.165, 1.54) is 0 Å². The van der Waals surface area contributed by atoms with Crippen molar-refractivity contribution in [3.05, 3.63) is 88.4 Å². The van der Waals surface area contributed by atoms with Crippen LogP contribution in [0.1, 0.15) is 55.7 Å². The minimum absolute atomic E-state index is 0.0240.